The number of nitro benzene ring substituents is 1. The van der Waals surface area contributed by atoms with Gasteiger partial charge in [0.2, 0.25) is 0 Å². The third-order valence-corrected chi connectivity index (χ3v) is 3.34. The van der Waals surface area contributed by atoms with Crippen LogP contribution in [-0.2, 0) is 9.53 Å². The summed E-state index contributed by atoms with van der Waals surface area (Å²) in [5.74, 6) is -1.84. The third kappa shape index (κ3) is 4.61. The van der Waals surface area contributed by atoms with Crippen LogP contribution in [0, 0.1) is 10.1 Å². The minimum Gasteiger partial charge on any atom is -0.480 e. The number of carboxylic acid groups (broad SMARTS) is 1. The molecule has 1 unspecified atom stereocenters. The highest BCUT2D eigenvalue weighted by molar-refractivity contribution is 5.94. The molecule has 0 spiro atoms. The van der Waals surface area contributed by atoms with Gasteiger partial charge in [-0.3, -0.25) is 14.9 Å². The summed E-state index contributed by atoms with van der Waals surface area (Å²) in [6, 6.07) is 6.04. The highest BCUT2D eigenvalue weighted by Gasteiger charge is 2.21. The number of nitro groups is 1. The molecule has 1 aromatic heterocycles. The van der Waals surface area contributed by atoms with Gasteiger partial charge in [-0.2, -0.15) is 5.10 Å². The van der Waals surface area contributed by atoms with Crippen molar-refractivity contribution >= 4 is 17.6 Å². The van der Waals surface area contributed by atoms with Crippen LogP contribution in [0.4, 0.5) is 5.69 Å². The first kappa shape index (κ1) is 18.1. The number of hydrogen-bond acceptors (Lipinski definition) is 6. The Kier molecular flexibility index (Phi) is 5.79. The summed E-state index contributed by atoms with van der Waals surface area (Å²) in [5, 5.41) is 26.3. The van der Waals surface area contributed by atoms with E-state index in [1.54, 1.807) is 6.07 Å². The van der Waals surface area contributed by atoms with Crippen molar-refractivity contribution in [3.05, 3.63) is 52.3 Å². The number of aromatic nitrogens is 2. The molecule has 0 aliphatic rings. The molecule has 0 radical (unpaired) electrons. The lowest BCUT2D eigenvalue weighted by Crippen LogP contribution is -2.41. The number of carboxylic acids is 1. The third-order valence-electron chi connectivity index (χ3n) is 3.34. The van der Waals surface area contributed by atoms with Gasteiger partial charge in [0.05, 0.1) is 10.6 Å². The fourth-order valence-electron chi connectivity index (χ4n) is 2.06. The van der Waals surface area contributed by atoms with Crippen molar-refractivity contribution in [2.45, 2.75) is 12.5 Å². The monoisotopic (exact) mass is 348 g/mol. The standard InChI is InChI=1S/C15H16N4O6/c1-25-8-6-13(15(21)22)16-14(20)12-5-7-18(17-12)10-3-2-4-11(9-10)19(23)24/h2-5,7,9,13H,6,8H2,1H3,(H,16,20)(H,21,22). The van der Waals surface area contributed by atoms with Gasteiger partial charge in [-0.05, 0) is 12.1 Å². The van der Waals surface area contributed by atoms with Gasteiger partial charge in [0, 0.05) is 38.5 Å². The molecule has 2 aromatic rings. The van der Waals surface area contributed by atoms with Crippen molar-refractivity contribution in [2.24, 2.45) is 0 Å². The second kappa shape index (κ2) is 8.02. The Morgan fingerprint density at radius 3 is 2.84 bits per heavy atom. The fraction of sp³-hybridized carbons (Fsp3) is 0.267. The molecular weight excluding hydrogens is 332 g/mol. The average Bonchev–Trinajstić information content (AvgIpc) is 3.08. The number of non-ortho nitro benzene ring substituents is 1. The SMILES string of the molecule is COCCC(NC(=O)c1ccn(-c2cccc([N+](=O)[O-])c2)n1)C(=O)O. The Labute approximate surface area is 142 Å². The van der Waals surface area contributed by atoms with E-state index in [0.717, 1.165) is 0 Å². The maximum atomic E-state index is 12.1. The Morgan fingerprint density at radius 1 is 1.44 bits per heavy atom. The molecule has 1 aromatic carbocycles. The molecule has 0 saturated heterocycles. The molecule has 2 rings (SSSR count). The number of nitrogens with zero attached hydrogens (tertiary/aromatic N) is 3. The van der Waals surface area contributed by atoms with Crippen molar-refractivity contribution in [3.8, 4) is 5.69 Å². The first-order valence-corrected chi connectivity index (χ1v) is 7.25. The predicted octanol–water partition coefficient (Wildman–Crippen LogP) is 1.00. The summed E-state index contributed by atoms with van der Waals surface area (Å²) in [5.41, 5.74) is 0.294. The molecule has 0 aliphatic carbocycles. The number of rotatable bonds is 8. The lowest BCUT2D eigenvalue weighted by molar-refractivity contribution is -0.384. The number of hydrogen-bond donors (Lipinski definition) is 2. The van der Waals surface area contributed by atoms with Crippen molar-refractivity contribution in [1.82, 2.24) is 15.1 Å². The van der Waals surface area contributed by atoms with E-state index in [2.05, 4.69) is 10.4 Å². The Balaban J connectivity index is 2.14. The van der Waals surface area contributed by atoms with Crippen molar-refractivity contribution < 1.29 is 24.4 Å². The van der Waals surface area contributed by atoms with E-state index in [1.165, 1.54) is 42.3 Å². The quantitative estimate of drug-likeness (QED) is 0.536. The van der Waals surface area contributed by atoms with Crippen molar-refractivity contribution in [3.63, 3.8) is 0 Å². The molecule has 1 amide bonds. The van der Waals surface area contributed by atoms with Gasteiger partial charge < -0.3 is 15.2 Å². The van der Waals surface area contributed by atoms with Crippen LogP contribution in [0.5, 0.6) is 0 Å². The minimum atomic E-state index is -1.18. The van der Waals surface area contributed by atoms with E-state index >= 15 is 0 Å². The van der Waals surface area contributed by atoms with Crippen molar-refractivity contribution in [2.75, 3.05) is 13.7 Å². The van der Waals surface area contributed by atoms with Crippen LogP contribution in [0.15, 0.2) is 36.5 Å². The minimum absolute atomic E-state index is 0.00447. The van der Waals surface area contributed by atoms with Gasteiger partial charge in [0.25, 0.3) is 11.6 Å². The topological polar surface area (TPSA) is 137 Å². The summed E-state index contributed by atoms with van der Waals surface area (Å²) in [4.78, 5) is 33.6. The number of nitrogens with one attached hydrogen (secondary N) is 1. The Hall–Kier alpha value is -3.27. The first-order chi connectivity index (χ1) is 11.9. The highest BCUT2D eigenvalue weighted by Crippen LogP contribution is 2.16. The molecule has 132 valence electrons. The van der Waals surface area contributed by atoms with E-state index in [1.807, 2.05) is 0 Å². The molecule has 0 bridgehead atoms. The number of methoxy groups -OCH3 is 1. The zero-order chi connectivity index (χ0) is 18.4. The molecule has 0 saturated carbocycles. The first-order valence-electron chi connectivity index (χ1n) is 7.25. The zero-order valence-electron chi connectivity index (χ0n) is 13.3. The number of carbonyl (C=O) groups is 2. The maximum Gasteiger partial charge on any atom is 0.326 e. The second-order valence-electron chi connectivity index (χ2n) is 5.07. The van der Waals surface area contributed by atoms with Crippen LogP contribution in [0.25, 0.3) is 5.69 Å². The van der Waals surface area contributed by atoms with Gasteiger partial charge in [0.1, 0.15) is 6.04 Å². The molecule has 25 heavy (non-hydrogen) atoms. The van der Waals surface area contributed by atoms with Crippen LogP contribution in [-0.4, -0.2) is 51.4 Å². The van der Waals surface area contributed by atoms with Crippen LogP contribution in [0.1, 0.15) is 16.9 Å². The zero-order valence-corrected chi connectivity index (χ0v) is 13.3. The van der Waals surface area contributed by atoms with E-state index in [0.29, 0.717) is 5.69 Å². The summed E-state index contributed by atoms with van der Waals surface area (Å²) in [6.07, 6.45) is 1.57. The molecule has 10 nitrogen and oxygen atoms in total. The summed E-state index contributed by atoms with van der Waals surface area (Å²) in [7, 11) is 1.43. The van der Waals surface area contributed by atoms with E-state index in [4.69, 9.17) is 9.84 Å². The summed E-state index contributed by atoms with van der Waals surface area (Å²) >= 11 is 0. The number of ether oxygens (including phenoxy) is 1. The van der Waals surface area contributed by atoms with E-state index in [-0.39, 0.29) is 24.4 Å². The molecule has 2 N–H and O–H groups in total. The molecule has 0 fully saturated rings. The van der Waals surface area contributed by atoms with Gasteiger partial charge in [-0.25, -0.2) is 9.48 Å². The lowest BCUT2D eigenvalue weighted by atomic mass is 10.2. The average molecular weight is 348 g/mol. The Bertz CT molecular complexity index is 788. The fourth-order valence-corrected chi connectivity index (χ4v) is 2.06. The molecule has 10 heteroatoms. The lowest BCUT2D eigenvalue weighted by Gasteiger charge is -2.12. The Morgan fingerprint density at radius 2 is 2.20 bits per heavy atom. The molecule has 0 aliphatic heterocycles. The number of carbonyl (C=O) groups excluding carboxylic acids is 1. The number of benzene rings is 1. The van der Waals surface area contributed by atoms with Crippen LogP contribution >= 0.6 is 0 Å². The molecular formula is C15H16N4O6. The van der Waals surface area contributed by atoms with E-state index < -0.39 is 22.8 Å². The predicted molar refractivity (Wildman–Crippen MR) is 85.6 cm³/mol. The number of aliphatic carboxylic acids is 1. The van der Waals surface area contributed by atoms with E-state index in [9.17, 15) is 19.7 Å². The van der Waals surface area contributed by atoms with Crippen molar-refractivity contribution in [1.29, 1.82) is 0 Å². The van der Waals surface area contributed by atoms with Gasteiger partial charge >= 0.3 is 5.97 Å². The second-order valence-corrected chi connectivity index (χ2v) is 5.07. The molecule has 1 atom stereocenters. The normalized spacial score (nSPS) is 11.7. The van der Waals surface area contributed by atoms with Crippen LogP contribution in [0.2, 0.25) is 0 Å². The largest absolute Gasteiger partial charge is 0.480 e. The van der Waals surface area contributed by atoms with Crippen LogP contribution < -0.4 is 5.32 Å². The van der Waals surface area contributed by atoms with Crippen LogP contribution in [0.3, 0.4) is 0 Å². The van der Waals surface area contributed by atoms with Gasteiger partial charge in [0.15, 0.2) is 5.69 Å². The van der Waals surface area contributed by atoms with Gasteiger partial charge in [-0.1, -0.05) is 6.07 Å². The summed E-state index contributed by atoms with van der Waals surface area (Å²) < 4.78 is 6.11. The molecule has 1 heterocycles. The van der Waals surface area contributed by atoms with Gasteiger partial charge in [-0.15, -0.1) is 0 Å². The number of amides is 1. The summed E-state index contributed by atoms with van der Waals surface area (Å²) in [6.45, 7) is 0.180. The maximum absolute atomic E-state index is 12.1. The highest BCUT2D eigenvalue weighted by atomic mass is 16.6. The smallest absolute Gasteiger partial charge is 0.326 e.